The first-order valence-corrected chi connectivity index (χ1v) is 9.02. The molecular weight excluding hydrogens is 312 g/mol. The molecule has 0 radical (unpaired) electrons. The van der Waals surface area contributed by atoms with Gasteiger partial charge < -0.3 is 0 Å². The van der Waals surface area contributed by atoms with E-state index < -0.39 is 0 Å². The predicted octanol–water partition coefficient (Wildman–Crippen LogP) is 5.90. The summed E-state index contributed by atoms with van der Waals surface area (Å²) in [5.74, 6) is 0. The Hall–Kier alpha value is -2.26. The zero-order chi connectivity index (χ0) is 16.9. The molecule has 2 nitrogen and oxygen atoms in total. The molecule has 3 rings (SSSR count). The first-order valence-electron chi connectivity index (χ1n) is 8.14. The summed E-state index contributed by atoms with van der Waals surface area (Å²) in [6.45, 7) is 8.13. The molecule has 3 aromatic rings. The summed E-state index contributed by atoms with van der Waals surface area (Å²) in [7, 11) is 0. The van der Waals surface area contributed by atoms with Crippen LogP contribution < -0.4 is 0 Å². The zero-order valence-electron chi connectivity index (χ0n) is 14.1. The largest absolute Gasteiger partial charge is 0.292 e. The second-order valence-electron chi connectivity index (χ2n) is 5.78. The first kappa shape index (κ1) is 16.6. The van der Waals surface area contributed by atoms with E-state index in [9.17, 15) is 0 Å². The lowest BCUT2D eigenvalue weighted by molar-refractivity contribution is 0.855. The number of aromatic nitrogens is 2. The van der Waals surface area contributed by atoms with Crippen molar-refractivity contribution in [1.82, 2.24) is 9.55 Å². The zero-order valence-corrected chi connectivity index (χ0v) is 15.0. The Morgan fingerprint density at radius 1 is 1.04 bits per heavy atom. The molecule has 3 heteroatoms. The number of hydrogen-bond donors (Lipinski definition) is 0. The van der Waals surface area contributed by atoms with Crippen LogP contribution in [0.15, 0.2) is 78.5 Å². The van der Waals surface area contributed by atoms with Gasteiger partial charge in [0.15, 0.2) is 5.16 Å². The lowest BCUT2D eigenvalue weighted by Gasteiger charge is -2.16. The third-order valence-electron chi connectivity index (χ3n) is 4.13. The Morgan fingerprint density at radius 2 is 1.67 bits per heavy atom. The fourth-order valence-electron chi connectivity index (χ4n) is 2.74. The van der Waals surface area contributed by atoms with Crippen molar-refractivity contribution >= 4 is 11.8 Å². The Labute approximate surface area is 148 Å². The highest BCUT2D eigenvalue weighted by molar-refractivity contribution is 7.99. The first-order chi connectivity index (χ1) is 11.7. The van der Waals surface area contributed by atoms with Gasteiger partial charge in [-0.15, -0.1) is 6.58 Å². The number of thioether (sulfide) groups is 1. The quantitative estimate of drug-likeness (QED) is 0.412. The summed E-state index contributed by atoms with van der Waals surface area (Å²) in [5.41, 5.74) is 4.73. The topological polar surface area (TPSA) is 17.8 Å². The Kier molecular flexibility index (Phi) is 5.21. The molecule has 1 atom stereocenters. The molecule has 0 saturated heterocycles. The Balaban J connectivity index is 2.00. The number of aryl methyl sites for hydroxylation is 1. The van der Waals surface area contributed by atoms with E-state index in [4.69, 9.17) is 4.98 Å². The molecule has 1 aromatic heterocycles. The maximum Gasteiger partial charge on any atom is 0.173 e. The van der Waals surface area contributed by atoms with Crippen molar-refractivity contribution in [2.45, 2.75) is 30.7 Å². The highest BCUT2D eigenvalue weighted by atomic mass is 32.2. The average Bonchev–Trinajstić information content (AvgIpc) is 2.90. The summed E-state index contributed by atoms with van der Waals surface area (Å²) >= 11 is 1.80. The van der Waals surface area contributed by atoms with Crippen molar-refractivity contribution < 1.29 is 0 Å². The van der Waals surface area contributed by atoms with Crippen molar-refractivity contribution in [2.24, 2.45) is 0 Å². The number of para-hydroxylation sites is 1. The normalized spacial score (nSPS) is 12.1. The fourth-order valence-corrected chi connectivity index (χ4v) is 4.06. The van der Waals surface area contributed by atoms with Crippen LogP contribution in [0.25, 0.3) is 5.69 Å². The Morgan fingerprint density at radius 3 is 2.29 bits per heavy atom. The third kappa shape index (κ3) is 3.46. The molecule has 1 unspecified atom stereocenters. The van der Waals surface area contributed by atoms with Crippen LogP contribution in [0.4, 0.5) is 0 Å². The van der Waals surface area contributed by atoms with E-state index in [0.29, 0.717) is 5.25 Å². The van der Waals surface area contributed by atoms with Crippen LogP contribution in [-0.4, -0.2) is 9.55 Å². The smallest absolute Gasteiger partial charge is 0.173 e. The lowest BCUT2D eigenvalue weighted by atomic mass is 10.1. The number of nitrogens with zero attached hydrogens (tertiary/aromatic N) is 2. The summed E-state index contributed by atoms with van der Waals surface area (Å²) < 4.78 is 2.25. The molecule has 0 aliphatic rings. The molecule has 0 spiro atoms. The van der Waals surface area contributed by atoms with Crippen LogP contribution in [0.5, 0.6) is 0 Å². The average molecular weight is 334 g/mol. The number of benzene rings is 2. The number of hydrogen-bond acceptors (Lipinski definition) is 2. The van der Waals surface area contributed by atoms with Crippen molar-refractivity contribution in [3.05, 3.63) is 90.3 Å². The second-order valence-corrected chi connectivity index (χ2v) is 6.95. The van der Waals surface area contributed by atoms with Gasteiger partial charge in [0.1, 0.15) is 0 Å². The van der Waals surface area contributed by atoms with Gasteiger partial charge in [-0.1, -0.05) is 66.4 Å². The van der Waals surface area contributed by atoms with Crippen LogP contribution in [0.1, 0.15) is 28.6 Å². The molecule has 0 fully saturated rings. The van der Waals surface area contributed by atoms with Gasteiger partial charge in [-0.05, 0) is 38.0 Å². The highest BCUT2D eigenvalue weighted by Gasteiger charge is 2.19. The van der Waals surface area contributed by atoms with E-state index >= 15 is 0 Å². The molecule has 122 valence electrons. The van der Waals surface area contributed by atoms with Gasteiger partial charge in [0.05, 0.1) is 5.69 Å². The van der Waals surface area contributed by atoms with Gasteiger partial charge in [0.2, 0.25) is 0 Å². The summed E-state index contributed by atoms with van der Waals surface area (Å²) in [4.78, 5) is 4.83. The van der Waals surface area contributed by atoms with Gasteiger partial charge in [-0.2, -0.15) is 0 Å². The van der Waals surface area contributed by atoms with Crippen LogP contribution in [0.2, 0.25) is 0 Å². The predicted molar refractivity (Wildman–Crippen MR) is 103 cm³/mol. The molecule has 0 N–H and O–H groups in total. The van der Waals surface area contributed by atoms with E-state index in [1.54, 1.807) is 11.8 Å². The van der Waals surface area contributed by atoms with E-state index in [0.717, 1.165) is 23.0 Å². The van der Waals surface area contributed by atoms with E-state index in [2.05, 4.69) is 79.6 Å². The van der Waals surface area contributed by atoms with Crippen LogP contribution in [-0.2, 0) is 0 Å². The molecule has 0 aliphatic carbocycles. The standard InChI is InChI=1S/C21H22N2S/c1-4-11-20(18-12-7-5-8-13-18)24-21-22-16(2)17(3)23(21)19-14-9-6-10-15-19/h4-10,12-15,20H,1,11H2,2-3H3. The monoisotopic (exact) mass is 334 g/mol. The molecule has 0 aliphatic heterocycles. The van der Waals surface area contributed by atoms with Crippen LogP contribution >= 0.6 is 11.8 Å². The van der Waals surface area contributed by atoms with Gasteiger partial charge in [-0.3, -0.25) is 4.57 Å². The maximum atomic E-state index is 4.83. The van der Waals surface area contributed by atoms with E-state index in [1.807, 2.05) is 12.1 Å². The fraction of sp³-hybridized carbons (Fsp3) is 0.190. The second kappa shape index (κ2) is 7.54. The van der Waals surface area contributed by atoms with Crippen molar-refractivity contribution in [3.8, 4) is 5.69 Å². The number of rotatable bonds is 6. The highest BCUT2D eigenvalue weighted by Crippen LogP contribution is 2.39. The third-order valence-corrected chi connectivity index (χ3v) is 5.36. The molecule has 0 amide bonds. The minimum atomic E-state index is 0.312. The van der Waals surface area contributed by atoms with Gasteiger partial charge >= 0.3 is 0 Å². The minimum absolute atomic E-state index is 0.312. The van der Waals surface area contributed by atoms with Gasteiger partial charge in [0.25, 0.3) is 0 Å². The summed E-state index contributed by atoms with van der Waals surface area (Å²) in [6, 6.07) is 21.0. The molecule has 0 saturated carbocycles. The SMILES string of the molecule is C=CCC(Sc1nc(C)c(C)n1-c1ccccc1)c1ccccc1. The lowest BCUT2D eigenvalue weighted by Crippen LogP contribution is -2.01. The Bertz CT molecular complexity index is 807. The summed E-state index contributed by atoms with van der Waals surface area (Å²) in [5, 5.41) is 1.35. The van der Waals surface area contributed by atoms with Crippen LogP contribution in [0.3, 0.4) is 0 Å². The molecular formula is C21H22N2S. The van der Waals surface area contributed by atoms with Gasteiger partial charge in [0, 0.05) is 16.6 Å². The van der Waals surface area contributed by atoms with Gasteiger partial charge in [-0.25, -0.2) is 4.98 Å². The minimum Gasteiger partial charge on any atom is -0.292 e. The van der Waals surface area contributed by atoms with Crippen molar-refractivity contribution in [3.63, 3.8) is 0 Å². The van der Waals surface area contributed by atoms with E-state index in [-0.39, 0.29) is 0 Å². The number of allylic oxidation sites excluding steroid dienone is 1. The molecule has 24 heavy (non-hydrogen) atoms. The molecule has 2 aromatic carbocycles. The van der Waals surface area contributed by atoms with Crippen molar-refractivity contribution in [2.75, 3.05) is 0 Å². The van der Waals surface area contributed by atoms with Crippen LogP contribution in [0, 0.1) is 13.8 Å². The number of imidazole rings is 1. The van der Waals surface area contributed by atoms with Crippen molar-refractivity contribution in [1.29, 1.82) is 0 Å². The molecule has 0 bridgehead atoms. The molecule has 1 heterocycles. The van der Waals surface area contributed by atoms with E-state index in [1.165, 1.54) is 11.3 Å². The maximum absolute atomic E-state index is 4.83. The summed E-state index contributed by atoms with van der Waals surface area (Å²) in [6.07, 6.45) is 2.90.